The molecule has 0 aromatic heterocycles. The smallest absolute Gasteiger partial charge is 0.306 e. The number of carbonyl (C=O) groups excluding carboxylic acids is 2. The predicted octanol–water partition coefficient (Wildman–Crippen LogP) is 6.32. The zero-order valence-corrected chi connectivity index (χ0v) is 23.2. The van der Waals surface area contributed by atoms with Crippen LogP contribution in [0.1, 0.15) is 105 Å². The lowest BCUT2D eigenvalue weighted by atomic mass is 9.44. The Morgan fingerprint density at radius 1 is 1.06 bits per heavy atom. The largest absolute Gasteiger partial charge is 0.462 e. The molecule has 0 amide bonds. The summed E-state index contributed by atoms with van der Waals surface area (Å²) in [6.45, 7) is 12.2. The summed E-state index contributed by atoms with van der Waals surface area (Å²) in [6.07, 6.45) is 10.9. The molecule has 0 aromatic rings. The minimum absolute atomic E-state index is 0.0378. The number of hydrogen-bond donors (Lipinski definition) is 0. The number of esters is 1. The Balaban J connectivity index is 1.21. The van der Waals surface area contributed by atoms with E-state index in [2.05, 4.69) is 27.7 Å². The van der Waals surface area contributed by atoms with Gasteiger partial charge in [0.2, 0.25) is 0 Å². The highest BCUT2D eigenvalue weighted by Gasteiger charge is 2.71. The van der Waals surface area contributed by atoms with Crippen LogP contribution in [-0.2, 0) is 23.8 Å². The van der Waals surface area contributed by atoms with Gasteiger partial charge in [-0.3, -0.25) is 9.59 Å². The van der Waals surface area contributed by atoms with Crippen molar-refractivity contribution in [1.82, 2.24) is 0 Å². The van der Waals surface area contributed by atoms with Crippen LogP contribution in [0.4, 0.5) is 0 Å². The molecule has 0 bridgehead atoms. The molecule has 4 aliphatic carbocycles. The Bertz CT molecular complexity index is 891. The SMILES string of the molecule is CCCC(=O)O[C@@H]1CC[C@@]2(C)[C@@H](CC[C@@H]3[C@@H]2CC(=O)[C@]2(C)[C@@H]4[C@@H](C[C@@H]32)O[C@]2(CC[C@H](C)CO2)[C@H]4C)C1. The number of ketones is 1. The molecule has 36 heavy (non-hydrogen) atoms. The van der Waals surface area contributed by atoms with E-state index in [-0.39, 0.29) is 40.8 Å². The van der Waals surface area contributed by atoms with Gasteiger partial charge in [0.1, 0.15) is 11.9 Å². The van der Waals surface area contributed by atoms with Crippen molar-refractivity contribution in [3.63, 3.8) is 0 Å². The zero-order chi connectivity index (χ0) is 25.5. The maximum atomic E-state index is 14.2. The van der Waals surface area contributed by atoms with Crippen LogP contribution < -0.4 is 0 Å². The molecular weight excluding hydrogens is 452 g/mol. The molecule has 1 spiro atoms. The molecule has 0 radical (unpaired) electrons. The van der Waals surface area contributed by atoms with E-state index in [9.17, 15) is 9.59 Å². The summed E-state index contributed by atoms with van der Waals surface area (Å²) in [5.74, 6) is 3.19. The fourth-order valence-electron chi connectivity index (χ4n) is 10.5. The van der Waals surface area contributed by atoms with Gasteiger partial charge in [0.05, 0.1) is 12.7 Å². The molecule has 4 saturated carbocycles. The van der Waals surface area contributed by atoms with Crippen molar-refractivity contribution in [2.45, 2.75) is 123 Å². The lowest BCUT2D eigenvalue weighted by Gasteiger charge is -2.60. The molecule has 202 valence electrons. The Kier molecular flexibility index (Phi) is 6.19. The second-order valence-corrected chi connectivity index (χ2v) is 14.2. The highest BCUT2D eigenvalue weighted by atomic mass is 16.7. The molecule has 2 saturated heterocycles. The first-order chi connectivity index (χ1) is 17.1. The van der Waals surface area contributed by atoms with Crippen molar-refractivity contribution < 1.29 is 23.8 Å². The highest BCUT2D eigenvalue weighted by Crippen LogP contribution is 2.70. The number of Topliss-reactive ketones (excluding diaryl/α,β-unsaturated/α-hetero) is 1. The zero-order valence-electron chi connectivity index (χ0n) is 23.2. The molecule has 12 atom stereocenters. The van der Waals surface area contributed by atoms with Crippen LogP contribution in [0, 0.1) is 52.3 Å². The summed E-state index contributed by atoms with van der Waals surface area (Å²) in [7, 11) is 0. The predicted molar refractivity (Wildman–Crippen MR) is 137 cm³/mol. The monoisotopic (exact) mass is 500 g/mol. The first kappa shape index (κ1) is 25.3. The first-order valence-corrected chi connectivity index (χ1v) is 15.2. The van der Waals surface area contributed by atoms with E-state index in [1.165, 1.54) is 12.8 Å². The van der Waals surface area contributed by atoms with Crippen LogP contribution >= 0.6 is 0 Å². The summed E-state index contributed by atoms with van der Waals surface area (Å²) in [4.78, 5) is 26.3. The van der Waals surface area contributed by atoms with Crippen LogP contribution in [-0.4, -0.2) is 36.4 Å². The second-order valence-electron chi connectivity index (χ2n) is 14.2. The Morgan fingerprint density at radius 3 is 2.58 bits per heavy atom. The molecule has 5 nitrogen and oxygen atoms in total. The summed E-state index contributed by atoms with van der Waals surface area (Å²) < 4.78 is 19.1. The molecule has 5 heteroatoms. The Labute approximate surface area is 217 Å². The lowest BCUT2D eigenvalue weighted by molar-refractivity contribution is -0.272. The third-order valence-electron chi connectivity index (χ3n) is 12.5. The minimum atomic E-state index is -0.468. The number of carbonyl (C=O) groups is 2. The van der Waals surface area contributed by atoms with Gasteiger partial charge in [-0.15, -0.1) is 0 Å². The van der Waals surface area contributed by atoms with Gasteiger partial charge >= 0.3 is 5.97 Å². The van der Waals surface area contributed by atoms with Crippen molar-refractivity contribution >= 4 is 11.8 Å². The first-order valence-electron chi connectivity index (χ1n) is 15.2. The molecule has 6 aliphatic rings. The summed E-state index contributed by atoms with van der Waals surface area (Å²) in [5.41, 5.74) is -0.0984. The fraction of sp³-hybridized carbons (Fsp3) is 0.935. The molecule has 6 rings (SSSR count). The average molecular weight is 501 g/mol. The molecular formula is C31H48O5. The van der Waals surface area contributed by atoms with Crippen LogP contribution in [0.2, 0.25) is 0 Å². The van der Waals surface area contributed by atoms with Crippen LogP contribution in [0.15, 0.2) is 0 Å². The summed E-state index contributed by atoms with van der Waals surface area (Å²) in [5, 5.41) is 0. The summed E-state index contributed by atoms with van der Waals surface area (Å²) >= 11 is 0. The van der Waals surface area contributed by atoms with Gasteiger partial charge in [0.25, 0.3) is 0 Å². The van der Waals surface area contributed by atoms with Crippen LogP contribution in [0.25, 0.3) is 0 Å². The van der Waals surface area contributed by atoms with Gasteiger partial charge in [-0.05, 0) is 86.4 Å². The van der Waals surface area contributed by atoms with Gasteiger partial charge in [-0.1, -0.05) is 34.6 Å². The van der Waals surface area contributed by atoms with E-state index >= 15 is 0 Å². The topological polar surface area (TPSA) is 61.8 Å². The molecule has 0 N–H and O–H groups in total. The normalized spacial score (nSPS) is 53.9. The number of fused-ring (bicyclic) bond motifs is 7. The number of ether oxygens (including phenoxy) is 3. The highest BCUT2D eigenvalue weighted by molar-refractivity contribution is 5.87. The number of hydrogen-bond acceptors (Lipinski definition) is 5. The van der Waals surface area contributed by atoms with E-state index in [0.29, 0.717) is 41.8 Å². The third-order valence-corrected chi connectivity index (χ3v) is 12.5. The van der Waals surface area contributed by atoms with Gasteiger partial charge in [-0.2, -0.15) is 0 Å². The van der Waals surface area contributed by atoms with Crippen molar-refractivity contribution in [2.24, 2.45) is 52.3 Å². The quantitative estimate of drug-likeness (QED) is 0.424. The van der Waals surface area contributed by atoms with Gasteiger partial charge in [-0.25, -0.2) is 0 Å². The van der Waals surface area contributed by atoms with Crippen molar-refractivity contribution in [3.05, 3.63) is 0 Å². The molecule has 2 aliphatic heterocycles. The molecule has 2 heterocycles. The van der Waals surface area contributed by atoms with E-state index in [1.54, 1.807) is 0 Å². The van der Waals surface area contributed by atoms with E-state index in [0.717, 1.165) is 58.0 Å². The van der Waals surface area contributed by atoms with Crippen LogP contribution in [0.5, 0.6) is 0 Å². The van der Waals surface area contributed by atoms with E-state index in [4.69, 9.17) is 14.2 Å². The van der Waals surface area contributed by atoms with E-state index in [1.807, 2.05) is 6.92 Å². The molecule has 6 fully saturated rings. The van der Waals surface area contributed by atoms with Crippen molar-refractivity contribution in [3.8, 4) is 0 Å². The average Bonchev–Trinajstić information content (AvgIpc) is 3.28. The standard InChI is InChI=1S/C31H48O5/c1-6-7-27(33)35-21-11-12-29(4)20(14-21)8-9-22-23(29)16-26(32)30(5)24(22)15-25-28(30)19(3)31(36-25)13-10-18(2)17-34-31/h18-25,28H,6-17H2,1-5H3/t18-,19-,20-,21+,22+,23-,24-,25+,28-,29-,30+,31+/m0/s1. The van der Waals surface area contributed by atoms with Crippen molar-refractivity contribution in [2.75, 3.05) is 6.61 Å². The lowest BCUT2D eigenvalue weighted by Crippen LogP contribution is -2.58. The maximum absolute atomic E-state index is 14.2. The van der Waals surface area contributed by atoms with E-state index < -0.39 is 5.79 Å². The number of rotatable bonds is 3. The van der Waals surface area contributed by atoms with Crippen molar-refractivity contribution in [1.29, 1.82) is 0 Å². The third kappa shape index (κ3) is 3.53. The Hall–Kier alpha value is -0.940. The van der Waals surface area contributed by atoms with Gasteiger partial charge in [0, 0.05) is 36.5 Å². The van der Waals surface area contributed by atoms with Gasteiger partial charge < -0.3 is 14.2 Å². The molecule has 0 aromatic carbocycles. The summed E-state index contributed by atoms with van der Waals surface area (Å²) in [6, 6.07) is 0. The fourth-order valence-corrected chi connectivity index (χ4v) is 10.5. The minimum Gasteiger partial charge on any atom is -0.462 e. The second kappa shape index (κ2) is 8.79. The van der Waals surface area contributed by atoms with Gasteiger partial charge in [0.15, 0.2) is 5.79 Å². The maximum Gasteiger partial charge on any atom is 0.306 e. The Morgan fingerprint density at radius 2 is 1.86 bits per heavy atom. The molecule has 0 unspecified atom stereocenters. The van der Waals surface area contributed by atoms with Crippen LogP contribution in [0.3, 0.4) is 0 Å².